The second-order valence-electron chi connectivity index (χ2n) is 5.87. The maximum Gasteiger partial charge on any atom is 0.326 e. The predicted molar refractivity (Wildman–Crippen MR) is 90.1 cm³/mol. The number of amides is 1. The molecule has 1 aliphatic carbocycles. The van der Waals surface area contributed by atoms with E-state index in [2.05, 4.69) is 26.2 Å². The van der Waals surface area contributed by atoms with Crippen LogP contribution in [0.4, 0.5) is 0 Å². The minimum Gasteiger partial charge on any atom is -0.480 e. The molecule has 1 aromatic carbocycles. The van der Waals surface area contributed by atoms with Gasteiger partial charge >= 0.3 is 5.97 Å². The number of carbonyl (C=O) groups is 2. The molecular formula is C16H17BrN4O3. The second kappa shape index (κ2) is 6.35. The number of rotatable bonds is 5. The van der Waals surface area contributed by atoms with E-state index < -0.39 is 12.0 Å². The van der Waals surface area contributed by atoms with Crippen molar-refractivity contribution in [1.82, 2.24) is 19.9 Å². The molecule has 1 aromatic heterocycles. The zero-order valence-corrected chi connectivity index (χ0v) is 14.9. The van der Waals surface area contributed by atoms with E-state index in [0.29, 0.717) is 5.69 Å². The van der Waals surface area contributed by atoms with Crippen molar-refractivity contribution in [3.8, 4) is 5.69 Å². The minimum absolute atomic E-state index is 0.0287. The third-order valence-corrected chi connectivity index (χ3v) is 4.59. The molecule has 1 fully saturated rings. The van der Waals surface area contributed by atoms with Crippen LogP contribution in [0, 0.1) is 6.92 Å². The Hall–Kier alpha value is -2.22. The number of aliphatic carboxylic acids is 1. The second-order valence-corrected chi connectivity index (χ2v) is 6.79. The molecule has 1 unspecified atom stereocenters. The summed E-state index contributed by atoms with van der Waals surface area (Å²) in [5.41, 5.74) is 1.55. The highest BCUT2D eigenvalue weighted by atomic mass is 79.9. The summed E-state index contributed by atoms with van der Waals surface area (Å²) in [5.74, 6) is -1.40. The van der Waals surface area contributed by atoms with Crippen LogP contribution in [-0.2, 0) is 4.79 Å². The van der Waals surface area contributed by atoms with E-state index in [1.807, 2.05) is 24.3 Å². The average Bonchev–Trinajstić information content (AvgIpc) is 3.28. The fourth-order valence-corrected chi connectivity index (χ4v) is 3.02. The summed E-state index contributed by atoms with van der Waals surface area (Å²) in [6.07, 6.45) is 1.64. The Balaban J connectivity index is 1.95. The summed E-state index contributed by atoms with van der Waals surface area (Å²) in [6.45, 7) is 3.28. The van der Waals surface area contributed by atoms with Crippen molar-refractivity contribution in [2.24, 2.45) is 0 Å². The van der Waals surface area contributed by atoms with Crippen molar-refractivity contribution in [2.45, 2.75) is 38.8 Å². The lowest BCUT2D eigenvalue weighted by atomic mass is 10.2. The summed E-state index contributed by atoms with van der Waals surface area (Å²) in [4.78, 5) is 25.6. The van der Waals surface area contributed by atoms with Gasteiger partial charge in [-0.15, -0.1) is 5.10 Å². The van der Waals surface area contributed by atoms with Crippen LogP contribution in [0.1, 0.15) is 35.9 Å². The monoisotopic (exact) mass is 392 g/mol. The van der Waals surface area contributed by atoms with Crippen LogP contribution in [0.25, 0.3) is 5.69 Å². The minimum atomic E-state index is -1.02. The molecule has 0 spiro atoms. The molecule has 1 aliphatic rings. The van der Waals surface area contributed by atoms with Gasteiger partial charge < -0.3 is 10.0 Å². The molecule has 0 bridgehead atoms. The van der Waals surface area contributed by atoms with Crippen LogP contribution in [0.3, 0.4) is 0 Å². The van der Waals surface area contributed by atoms with E-state index in [1.165, 1.54) is 11.8 Å². The highest BCUT2D eigenvalue weighted by Gasteiger charge is 2.40. The number of benzene rings is 1. The Labute approximate surface area is 147 Å². The molecule has 0 aliphatic heterocycles. The molecular weight excluding hydrogens is 376 g/mol. The summed E-state index contributed by atoms with van der Waals surface area (Å²) in [7, 11) is 0. The fourth-order valence-electron chi connectivity index (χ4n) is 2.63. The Morgan fingerprint density at radius 3 is 2.71 bits per heavy atom. The van der Waals surface area contributed by atoms with Gasteiger partial charge in [-0.25, -0.2) is 9.48 Å². The Morgan fingerprint density at radius 2 is 2.12 bits per heavy atom. The van der Waals surface area contributed by atoms with E-state index in [9.17, 15) is 14.7 Å². The summed E-state index contributed by atoms with van der Waals surface area (Å²) < 4.78 is 2.47. The Bertz CT molecular complexity index is 800. The quantitative estimate of drug-likeness (QED) is 0.843. The van der Waals surface area contributed by atoms with Crippen molar-refractivity contribution in [1.29, 1.82) is 0 Å². The van der Waals surface area contributed by atoms with E-state index >= 15 is 0 Å². The smallest absolute Gasteiger partial charge is 0.326 e. The van der Waals surface area contributed by atoms with Crippen LogP contribution in [-0.4, -0.2) is 49.0 Å². The molecule has 0 saturated heterocycles. The van der Waals surface area contributed by atoms with Crippen LogP contribution < -0.4 is 0 Å². The zero-order chi connectivity index (χ0) is 17.4. The first-order chi connectivity index (χ1) is 11.4. The highest BCUT2D eigenvalue weighted by molar-refractivity contribution is 9.10. The number of halogens is 1. The first-order valence-electron chi connectivity index (χ1n) is 7.64. The number of aromatic nitrogens is 3. The van der Waals surface area contributed by atoms with Gasteiger partial charge in [0.1, 0.15) is 6.04 Å². The number of hydrogen-bond donors (Lipinski definition) is 1. The van der Waals surface area contributed by atoms with Crippen molar-refractivity contribution >= 4 is 27.8 Å². The van der Waals surface area contributed by atoms with E-state index in [4.69, 9.17) is 0 Å². The average molecular weight is 393 g/mol. The molecule has 1 atom stereocenters. The van der Waals surface area contributed by atoms with Gasteiger partial charge in [0.15, 0.2) is 5.69 Å². The predicted octanol–water partition coefficient (Wildman–Crippen LogP) is 2.42. The van der Waals surface area contributed by atoms with Gasteiger partial charge in [-0.3, -0.25) is 4.79 Å². The van der Waals surface area contributed by atoms with Crippen LogP contribution in [0.5, 0.6) is 0 Å². The number of carbonyl (C=O) groups excluding carboxylic acids is 1. The maximum absolute atomic E-state index is 12.8. The van der Waals surface area contributed by atoms with Gasteiger partial charge in [0.05, 0.1) is 11.4 Å². The first kappa shape index (κ1) is 16.6. The molecule has 0 radical (unpaired) electrons. The number of hydrogen-bond acceptors (Lipinski definition) is 4. The van der Waals surface area contributed by atoms with Crippen LogP contribution in [0.15, 0.2) is 28.7 Å². The number of nitrogens with zero attached hydrogens (tertiary/aromatic N) is 4. The Morgan fingerprint density at radius 1 is 1.42 bits per heavy atom. The fraction of sp³-hybridized carbons (Fsp3) is 0.375. The topological polar surface area (TPSA) is 88.3 Å². The molecule has 24 heavy (non-hydrogen) atoms. The molecule has 1 saturated carbocycles. The van der Waals surface area contributed by atoms with Gasteiger partial charge in [0.25, 0.3) is 5.91 Å². The molecule has 3 rings (SSSR count). The number of carboxylic acids is 1. The van der Waals surface area contributed by atoms with Gasteiger partial charge in [-0.2, -0.15) is 0 Å². The first-order valence-corrected chi connectivity index (χ1v) is 8.43. The van der Waals surface area contributed by atoms with Gasteiger partial charge in [-0.1, -0.05) is 27.2 Å². The normalized spacial score (nSPS) is 15.1. The standard InChI is InChI=1S/C16H17BrN4O3/c1-9-14(15(22)20(12-6-7-12)10(2)16(23)24)18-19-21(9)13-5-3-4-11(17)8-13/h3-5,8,10,12H,6-7H2,1-2H3,(H,23,24). The maximum atomic E-state index is 12.8. The largest absolute Gasteiger partial charge is 0.480 e. The third kappa shape index (κ3) is 3.06. The zero-order valence-electron chi connectivity index (χ0n) is 13.3. The number of carboxylic acid groups (broad SMARTS) is 1. The van der Waals surface area contributed by atoms with Gasteiger partial charge in [0.2, 0.25) is 0 Å². The lowest BCUT2D eigenvalue weighted by Gasteiger charge is -2.25. The summed E-state index contributed by atoms with van der Waals surface area (Å²) in [6, 6.07) is 6.57. The lowest BCUT2D eigenvalue weighted by molar-refractivity contribution is -0.141. The Kier molecular flexibility index (Phi) is 4.40. The van der Waals surface area contributed by atoms with Crippen LogP contribution >= 0.6 is 15.9 Å². The third-order valence-electron chi connectivity index (χ3n) is 4.10. The van der Waals surface area contributed by atoms with Crippen LogP contribution in [0.2, 0.25) is 0 Å². The molecule has 1 N–H and O–H groups in total. The molecule has 126 valence electrons. The lowest BCUT2D eigenvalue weighted by Crippen LogP contribution is -2.45. The van der Waals surface area contributed by atoms with E-state index in [0.717, 1.165) is 23.0 Å². The van der Waals surface area contributed by atoms with Crippen molar-refractivity contribution in [2.75, 3.05) is 0 Å². The van der Waals surface area contributed by atoms with E-state index in [-0.39, 0.29) is 17.6 Å². The van der Waals surface area contributed by atoms with E-state index in [1.54, 1.807) is 11.6 Å². The molecule has 2 aromatic rings. The summed E-state index contributed by atoms with van der Waals surface area (Å²) in [5, 5.41) is 17.3. The van der Waals surface area contributed by atoms with Crippen molar-refractivity contribution in [3.63, 3.8) is 0 Å². The molecule has 1 amide bonds. The van der Waals surface area contributed by atoms with Crippen molar-refractivity contribution in [3.05, 3.63) is 40.1 Å². The van der Waals surface area contributed by atoms with Gasteiger partial charge in [0, 0.05) is 10.5 Å². The van der Waals surface area contributed by atoms with Gasteiger partial charge in [-0.05, 0) is 44.9 Å². The summed E-state index contributed by atoms with van der Waals surface area (Å²) >= 11 is 3.40. The molecule has 8 heteroatoms. The highest BCUT2D eigenvalue weighted by Crippen LogP contribution is 2.30. The SMILES string of the molecule is Cc1c(C(=O)N(C2CC2)C(C)C(=O)O)nnn1-c1cccc(Br)c1. The molecule has 1 heterocycles. The molecule has 7 nitrogen and oxygen atoms in total. The van der Waals surface area contributed by atoms with Crippen molar-refractivity contribution < 1.29 is 14.7 Å².